The van der Waals surface area contributed by atoms with Crippen LogP contribution in [0.1, 0.15) is 11.6 Å². The third kappa shape index (κ3) is 3.35. The largest absolute Gasteiger partial charge is 0.273 e. The summed E-state index contributed by atoms with van der Waals surface area (Å²) < 4.78 is 0. The van der Waals surface area contributed by atoms with Gasteiger partial charge in [-0.05, 0) is 23.8 Å². The van der Waals surface area contributed by atoms with E-state index < -0.39 is 39.7 Å². The second kappa shape index (κ2) is 8.05. The van der Waals surface area contributed by atoms with Crippen molar-refractivity contribution >= 4 is 34.6 Å². The normalized spacial score (nSPS) is 21.6. The summed E-state index contributed by atoms with van der Waals surface area (Å²) in [5.41, 5.74) is 0.897. The van der Waals surface area contributed by atoms with Crippen LogP contribution >= 0.6 is 0 Å². The number of hydroxylamine groups is 1. The van der Waals surface area contributed by atoms with Crippen LogP contribution in [0.15, 0.2) is 78.9 Å². The summed E-state index contributed by atoms with van der Waals surface area (Å²) in [6.45, 7) is 0. The van der Waals surface area contributed by atoms with Crippen LogP contribution in [-0.2, 0) is 14.4 Å². The van der Waals surface area contributed by atoms with Crippen LogP contribution in [0.3, 0.4) is 0 Å². The van der Waals surface area contributed by atoms with Crippen molar-refractivity contribution in [2.24, 2.45) is 5.92 Å². The fraction of sp³-hybridized carbons (Fsp3) is 0.130. The lowest BCUT2D eigenvalue weighted by Gasteiger charge is -2.28. The lowest BCUT2D eigenvalue weighted by molar-refractivity contribution is -0.385. The van der Waals surface area contributed by atoms with Crippen LogP contribution in [0.25, 0.3) is 0 Å². The van der Waals surface area contributed by atoms with E-state index in [1.54, 1.807) is 36.4 Å². The first-order valence-electron chi connectivity index (χ1n) is 10.2. The number of fused-ring (bicyclic) bond motifs is 1. The Morgan fingerprint density at radius 2 is 1.41 bits per heavy atom. The first-order valence-corrected chi connectivity index (χ1v) is 10.2. The van der Waals surface area contributed by atoms with E-state index in [4.69, 9.17) is 4.84 Å². The van der Waals surface area contributed by atoms with Crippen molar-refractivity contribution < 1.29 is 24.3 Å². The molecule has 3 atom stereocenters. The van der Waals surface area contributed by atoms with Crippen LogP contribution < -0.4 is 9.96 Å². The summed E-state index contributed by atoms with van der Waals surface area (Å²) in [7, 11) is 0. The molecule has 3 aromatic carbocycles. The van der Waals surface area contributed by atoms with E-state index in [0.717, 1.165) is 4.90 Å². The fourth-order valence-electron chi connectivity index (χ4n) is 4.35. The maximum Gasteiger partial charge on any atom is 0.271 e. The number of carbonyl (C=O) groups excluding carboxylic acids is 2. The van der Waals surface area contributed by atoms with Gasteiger partial charge in [0.2, 0.25) is 5.91 Å². The molecule has 2 aliphatic heterocycles. The number of carbonyl (C=O) groups is 2. The first-order chi connectivity index (χ1) is 16.4. The molecule has 2 heterocycles. The molecule has 0 aromatic heterocycles. The fourth-order valence-corrected chi connectivity index (χ4v) is 4.35. The van der Waals surface area contributed by atoms with E-state index in [1.807, 2.05) is 0 Å². The Labute approximate surface area is 192 Å². The highest BCUT2D eigenvalue weighted by Crippen LogP contribution is 2.48. The summed E-state index contributed by atoms with van der Waals surface area (Å²) in [6, 6.07) is 19.1. The second-order valence-corrected chi connectivity index (χ2v) is 7.80. The van der Waals surface area contributed by atoms with Gasteiger partial charge in [0, 0.05) is 24.3 Å². The summed E-state index contributed by atoms with van der Waals surface area (Å²) >= 11 is 0. The topological polar surface area (TPSA) is 136 Å². The number of benzene rings is 3. The molecule has 11 nitrogen and oxygen atoms in total. The molecule has 0 N–H and O–H groups in total. The van der Waals surface area contributed by atoms with Gasteiger partial charge in [0.25, 0.3) is 17.3 Å². The van der Waals surface area contributed by atoms with Crippen LogP contribution in [0.5, 0.6) is 0 Å². The van der Waals surface area contributed by atoms with Crippen molar-refractivity contribution in [2.45, 2.75) is 12.1 Å². The number of hydrogen-bond acceptors (Lipinski definition) is 8. The van der Waals surface area contributed by atoms with Gasteiger partial charge in [0.05, 0.1) is 27.3 Å². The monoisotopic (exact) mass is 460 g/mol. The van der Waals surface area contributed by atoms with Crippen LogP contribution in [0.4, 0.5) is 22.7 Å². The van der Waals surface area contributed by atoms with Crippen molar-refractivity contribution in [3.8, 4) is 0 Å². The number of anilines is 2. The number of nitro benzene ring substituents is 2. The molecule has 34 heavy (non-hydrogen) atoms. The summed E-state index contributed by atoms with van der Waals surface area (Å²) in [5.74, 6) is -2.06. The minimum absolute atomic E-state index is 0.157. The molecule has 0 unspecified atom stereocenters. The molecule has 0 saturated carbocycles. The van der Waals surface area contributed by atoms with Crippen LogP contribution in [0.2, 0.25) is 0 Å². The van der Waals surface area contributed by atoms with Gasteiger partial charge in [-0.3, -0.25) is 34.7 Å². The number of imide groups is 1. The average Bonchev–Trinajstić information content (AvgIpc) is 3.35. The zero-order chi connectivity index (χ0) is 24.0. The number of amides is 2. The molecular formula is C23H16N4O7. The standard InChI is InChI=1S/C23H16N4O7/c28-22-19-20(14-5-2-1-3-6-14)25(17-7-4-8-18(13-17)27(32)33)34-21(19)23(29)24(22)15-9-11-16(12-10-15)26(30)31/h1-13,19-21H/t19-,20+,21+/m0/s1. The molecular weight excluding hydrogens is 444 g/mol. The third-order valence-electron chi connectivity index (χ3n) is 5.87. The summed E-state index contributed by atoms with van der Waals surface area (Å²) in [4.78, 5) is 54.8. The summed E-state index contributed by atoms with van der Waals surface area (Å²) in [5, 5.41) is 23.6. The Hall–Kier alpha value is -4.64. The molecule has 0 aliphatic carbocycles. The highest BCUT2D eigenvalue weighted by molar-refractivity contribution is 6.24. The number of nitrogens with zero attached hydrogens (tertiary/aromatic N) is 4. The van der Waals surface area contributed by atoms with E-state index in [2.05, 4.69) is 0 Å². The average molecular weight is 460 g/mol. The van der Waals surface area contributed by atoms with Gasteiger partial charge in [-0.15, -0.1) is 0 Å². The SMILES string of the molecule is O=C1[C@H]2[C@@H](c3ccccc3)N(c3cccc([N+](=O)[O-])c3)O[C@H]2C(=O)N1c1ccc([N+](=O)[O-])cc1. The second-order valence-electron chi connectivity index (χ2n) is 7.80. The maximum absolute atomic E-state index is 13.5. The molecule has 2 fully saturated rings. The molecule has 170 valence electrons. The molecule has 0 bridgehead atoms. The number of hydrogen-bond donors (Lipinski definition) is 0. The zero-order valence-electron chi connectivity index (χ0n) is 17.4. The Morgan fingerprint density at radius 3 is 2.06 bits per heavy atom. The quantitative estimate of drug-likeness (QED) is 0.320. The number of non-ortho nitro benzene ring substituents is 2. The van der Waals surface area contributed by atoms with Gasteiger partial charge < -0.3 is 0 Å². The van der Waals surface area contributed by atoms with E-state index in [-0.39, 0.29) is 17.1 Å². The maximum atomic E-state index is 13.5. The van der Waals surface area contributed by atoms with Gasteiger partial charge >= 0.3 is 0 Å². The van der Waals surface area contributed by atoms with Crippen molar-refractivity contribution in [2.75, 3.05) is 9.96 Å². The molecule has 0 spiro atoms. The zero-order valence-corrected chi connectivity index (χ0v) is 17.4. The van der Waals surface area contributed by atoms with Gasteiger partial charge in [-0.1, -0.05) is 36.4 Å². The van der Waals surface area contributed by atoms with E-state index >= 15 is 0 Å². The van der Waals surface area contributed by atoms with Gasteiger partial charge in [-0.2, -0.15) is 0 Å². The van der Waals surface area contributed by atoms with Crippen molar-refractivity contribution in [3.05, 3.63) is 105 Å². The van der Waals surface area contributed by atoms with E-state index in [9.17, 15) is 29.8 Å². The Balaban J connectivity index is 1.55. The predicted molar refractivity (Wildman–Crippen MR) is 119 cm³/mol. The van der Waals surface area contributed by atoms with Gasteiger partial charge in [-0.25, -0.2) is 9.96 Å². The predicted octanol–water partition coefficient (Wildman–Crippen LogP) is 3.55. The molecule has 2 aliphatic rings. The smallest absolute Gasteiger partial charge is 0.271 e. The summed E-state index contributed by atoms with van der Waals surface area (Å²) in [6.07, 6.45) is -1.16. The van der Waals surface area contributed by atoms with Gasteiger partial charge in [0.15, 0.2) is 6.10 Å². The molecule has 3 aromatic rings. The Morgan fingerprint density at radius 1 is 0.735 bits per heavy atom. The Bertz CT molecular complexity index is 1310. The van der Waals surface area contributed by atoms with Crippen molar-refractivity contribution in [1.29, 1.82) is 0 Å². The molecule has 2 saturated heterocycles. The highest BCUT2D eigenvalue weighted by atomic mass is 16.7. The molecule has 2 amide bonds. The van der Waals surface area contributed by atoms with E-state index in [0.29, 0.717) is 11.3 Å². The van der Waals surface area contributed by atoms with Crippen molar-refractivity contribution in [3.63, 3.8) is 0 Å². The lowest BCUT2D eigenvalue weighted by Crippen LogP contribution is -2.37. The van der Waals surface area contributed by atoms with Crippen molar-refractivity contribution in [1.82, 2.24) is 0 Å². The highest BCUT2D eigenvalue weighted by Gasteiger charge is 2.60. The van der Waals surface area contributed by atoms with Crippen LogP contribution in [-0.4, -0.2) is 27.8 Å². The number of nitro groups is 2. The third-order valence-corrected chi connectivity index (χ3v) is 5.87. The number of rotatable bonds is 5. The molecule has 0 radical (unpaired) electrons. The minimum atomic E-state index is -1.16. The Kier molecular flexibility index (Phi) is 5.02. The first kappa shape index (κ1) is 21.2. The van der Waals surface area contributed by atoms with Crippen LogP contribution in [0, 0.1) is 26.1 Å². The minimum Gasteiger partial charge on any atom is -0.273 e. The van der Waals surface area contributed by atoms with Gasteiger partial charge in [0.1, 0.15) is 5.92 Å². The molecule has 5 rings (SSSR count). The van der Waals surface area contributed by atoms with E-state index in [1.165, 1.54) is 47.5 Å². The lowest BCUT2D eigenvalue weighted by atomic mass is 9.90. The molecule has 11 heteroatoms.